The van der Waals surface area contributed by atoms with E-state index in [-0.39, 0.29) is 968 Å². The third-order valence-electron chi connectivity index (χ3n) is 0. The van der Waals surface area contributed by atoms with E-state index >= 15 is 0 Å². The molecule has 0 atom stereocenters. The summed E-state index contributed by atoms with van der Waals surface area (Å²) in [4.78, 5) is 0. The molecular formula is H53Ca24Cl5. The van der Waals surface area contributed by atoms with E-state index in [9.17, 15) is 0 Å². The van der Waals surface area contributed by atoms with E-state index in [0.29, 0.717) is 0 Å². The second kappa shape index (κ2) is 205. The molecule has 136 valence electrons. The van der Waals surface area contributed by atoms with E-state index < -0.39 is 0 Å². The predicted octanol–water partition coefficient (Wildman–Crippen LogP) is -19.9. The average molecular weight is 1190 g/mol. The molecule has 29 heavy (non-hydrogen) atoms. The van der Waals surface area contributed by atoms with Crippen LogP contribution in [0.4, 0.5) is 0 Å². The first-order chi connectivity index (χ1) is 0. The molecule has 0 unspecified atom stereocenters. The average Bonchev–Trinajstić information content (AvgIpc) is 0. The van der Waals surface area contributed by atoms with Gasteiger partial charge in [0.05, 0.1) is 0 Å². The van der Waals surface area contributed by atoms with Crippen molar-refractivity contribution in [3.05, 3.63) is 0 Å². The van der Waals surface area contributed by atoms with Crippen LogP contribution >= 0.6 is 62.0 Å². The molecule has 0 aromatic heterocycles. The predicted molar refractivity (Wildman–Crippen MR) is 241 cm³/mol. The fourth-order valence-electron chi connectivity index (χ4n) is 0. The molecule has 0 amide bonds. The van der Waals surface area contributed by atoms with Gasteiger partial charge in [-0.3, -0.25) is 0 Å². The topological polar surface area (TPSA) is 0 Å². The van der Waals surface area contributed by atoms with Crippen LogP contribution in [0.15, 0.2) is 0 Å². The Morgan fingerprint density at radius 3 is 0.0690 bits per heavy atom. The zero-order chi connectivity index (χ0) is 0. The molecule has 0 aliphatic heterocycles. The van der Waals surface area contributed by atoms with E-state index in [1.807, 2.05) is 0 Å². The maximum atomic E-state index is 0. The molecule has 29 heteroatoms. The molecule has 0 aliphatic carbocycles. The molecule has 0 bridgehead atoms. The van der Waals surface area contributed by atoms with Gasteiger partial charge in [0.1, 0.15) is 0 Å². The third-order valence-corrected chi connectivity index (χ3v) is 0. The molecule has 0 fully saturated rings. The maximum absolute atomic E-state index is 0. The van der Waals surface area contributed by atoms with Gasteiger partial charge in [-0.25, -0.2) is 0 Å². The van der Waals surface area contributed by atoms with E-state index in [1.165, 1.54) is 0 Å². The zero-order valence-corrected chi connectivity index (χ0v) is 6.12. The van der Waals surface area contributed by atoms with Crippen LogP contribution in [0, 0.1) is 0 Å². The zero-order valence-electron chi connectivity index (χ0n) is 2.04. The van der Waals surface area contributed by atoms with Gasteiger partial charge in [0, 0.05) is 0 Å². The van der Waals surface area contributed by atoms with Gasteiger partial charge in [-0.15, -0.1) is 62.0 Å². The van der Waals surface area contributed by atoms with Gasteiger partial charge >= 0.3 is 906 Å². The van der Waals surface area contributed by atoms with Gasteiger partial charge in [-0.05, 0) is 0 Å². The number of hydrogen-bond acceptors (Lipinski definition) is 0. The first-order valence-electron chi connectivity index (χ1n) is 0. The Hall–Kier alpha value is 31.7. The molecule has 0 saturated heterocycles. The number of halogens is 5. The van der Waals surface area contributed by atoms with E-state index in [2.05, 4.69) is 0 Å². The van der Waals surface area contributed by atoms with Crippen LogP contribution in [0.1, 0.15) is 0 Å². The van der Waals surface area contributed by atoms with Gasteiger partial charge in [0.2, 0.25) is 0 Å². The van der Waals surface area contributed by atoms with E-state index in [4.69, 9.17) is 0 Å². The van der Waals surface area contributed by atoms with Crippen molar-refractivity contribution in [2.45, 2.75) is 0 Å². The van der Waals surface area contributed by atoms with Crippen LogP contribution in [0.25, 0.3) is 0 Å². The van der Waals surface area contributed by atoms with Gasteiger partial charge in [0.15, 0.2) is 0 Å². The molecule has 0 spiro atoms. The van der Waals surface area contributed by atoms with Crippen molar-refractivity contribution < 1.29 is 0 Å². The first-order valence-corrected chi connectivity index (χ1v) is 0. The van der Waals surface area contributed by atoms with Crippen molar-refractivity contribution >= 4 is 968 Å². The molecule has 0 radical (unpaired) electrons. The normalized spacial score (nSPS) is 0. The van der Waals surface area contributed by atoms with Gasteiger partial charge < -0.3 is 0 Å². The van der Waals surface area contributed by atoms with Gasteiger partial charge in [-0.1, -0.05) is 0 Å². The van der Waals surface area contributed by atoms with Crippen molar-refractivity contribution in [2.75, 3.05) is 0 Å². The molecule has 0 aliphatic rings. The molecule has 0 aromatic rings. The van der Waals surface area contributed by atoms with Crippen LogP contribution < -0.4 is 0 Å². The van der Waals surface area contributed by atoms with Crippen LogP contribution in [0.2, 0.25) is 0 Å². The minimum absolute atomic E-state index is 0. The Bertz CT molecular complexity index is 19.2. The van der Waals surface area contributed by atoms with Crippen molar-refractivity contribution in [2.24, 2.45) is 0 Å². The summed E-state index contributed by atoms with van der Waals surface area (Å²) in [7, 11) is 0. The fraction of sp³-hybridized carbons (Fsp3) is 0. The van der Waals surface area contributed by atoms with Crippen LogP contribution in [-0.4, -0.2) is 906 Å². The summed E-state index contributed by atoms with van der Waals surface area (Å²) in [6.45, 7) is 0. The minimum atomic E-state index is 0. The summed E-state index contributed by atoms with van der Waals surface area (Å²) < 4.78 is 0. The van der Waals surface area contributed by atoms with Crippen molar-refractivity contribution in [3.8, 4) is 0 Å². The van der Waals surface area contributed by atoms with Crippen LogP contribution in [0.5, 0.6) is 0 Å². The molecule has 0 N–H and O–H groups in total. The number of hydrogen-bond donors (Lipinski definition) is 0. The van der Waals surface area contributed by atoms with Gasteiger partial charge in [0.25, 0.3) is 0 Å². The molecular weight excluding hydrogens is 1140 g/mol. The summed E-state index contributed by atoms with van der Waals surface area (Å²) in [5, 5.41) is 0. The monoisotopic (exact) mass is 1190 g/mol. The Morgan fingerprint density at radius 2 is 0.0690 bits per heavy atom. The second-order valence-electron chi connectivity index (χ2n) is 0. The van der Waals surface area contributed by atoms with Crippen molar-refractivity contribution in [1.29, 1.82) is 0 Å². The SMILES string of the molecule is Cl.Cl.Cl.Cl.Cl.[CaH2].[CaH2].[CaH2].[CaH2].[CaH2].[CaH2].[CaH2].[CaH2].[CaH2].[CaH2].[CaH2].[CaH2].[CaH2].[CaH2].[CaH2].[CaH2].[CaH2].[CaH2].[CaH2].[CaH2].[CaH2].[CaH2].[CaH2].[CaH2]. The molecule has 0 rings (SSSR count). The summed E-state index contributed by atoms with van der Waals surface area (Å²) in [6.07, 6.45) is 0. The second-order valence-corrected chi connectivity index (χ2v) is 0. The fourth-order valence-corrected chi connectivity index (χ4v) is 0. The molecule has 0 saturated carbocycles. The first kappa shape index (κ1) is 215. The van der Waals surface area contributed by atoms with Crippen LogP contribution in [0.3, 0.4) is 0 Å². The molecule has 0 nitrogen and oxygen atoms in total. The summed E-state index contributed by atoms with van der Waals surface area (Å²) in [5.74, 6) is 0. The summed E-state index contributed by atoms with van der Waals surface area (Å²) in [6, 6.07) is 0. The Kier molecular flexibility index (Phi) is 1520. The van der Waals surface area contributed by atoms with E-state index in [1.54, 1.807) is 0 Å². The summed E-state index contributed by atoms with van der Waals surface area (Å²) >= 11 is 0. The standard InChI is InChI=1S/24Ca.5ClH.48H/h;;;;;;;;;;;;;;;;;;;;;;;;5*1H;;;;;;;;;;;;;;;;;;;;;;;;;;;;;;;;;;;;;;;;;;;;;;;;. The van der Waals surface area contributed by atoms with Gasteiger partial charge in [-0.2, -0.15) is 0 Å². The Labute approximate surface area is 929 Å². The summed E-state index contributed by atoms with van der Waals surface area (Å²) in [5.41, 5.74) is 0. The number of rotatable bonds is 0. The van der Waals surface area contributed by atoms with Crippen molar-refractivity contribution in [1.82, 2.24) is 0 Å². The molecule has 0 heterocycles. The Balaban J connectivity index is 0. The Morgan fingerprint density at radius 1 is 0.0690 bits per heavy atom. The quantitative estimate of drug-likeness (QED) is 0.212. The molecule has 0 aromatic carbocycles. The van der Waals surface area contributed by atoms with Crippen molar-refractivity contribution in [3.63, 3.8) is 0 Å². The van der Waals surface area contributed by atoms with Crippen LogP contribution in [-0.2, 0) is 0 Å². The third kappa shape index (κ3) is 198. The van der Waals surface area contributed by atoms with E-state index in [0.717, 1.165) is 0 Å².